The van der Waals surface area contributed by atoms with Crippen LogP contribution in [0.25, 0.3) is 10.2 Å². The normalized spacial score (nSPS) is 19.3. The summed E-state index contributed by atoms with van der Waals surface area (Å²) in [6, 6.07) is 0.283. The van der Waals surface area contributed by atoms with Gasteiger partial charge in [-0.3, -0.25) is 0 Å². The molecule has 108 valence electrons. The number of hydrogen-bond donors (Lipinski definition) is 1. The molecule has 3 aromatic heterocycles. The van der Waals surface area contributed by atoms with E-state index in [1.807, 2.05) is 12.4 Å². The number of anilines is 1. The number of hydrogen-bond acceptors (Lipinski definition) is 5. The van der Waals surface area contributed by atoms with Crippen molar-refractivity contribution in [3.8, 4) is 0 Å². The van der Waals surface area contributed by atoms with Crippen LogP contribution in [-0.2, 0) is 0 Å². The average molecular weight is 299 g/mol. The molecule has 4 heterocycles. The van der Waals surface area contributed by atoms with Gasteiger partial charge in [0, 0.05) is 18.9 Å². The monoisotopic (exact) mass is 299 g/mol. The van der Waals surface area contributed by atoms with Crippen LogP contribution in [0.1, 0.15) is 36.7 Å². The fraction of sp³-hybridized carbons (Fsp3) is 0.400. The molecule has 0 bridgehead atoms. The summed E-state index contributed by atoms with van der Waals surface area (Å²) < 4.78 is 0. The van der Waals surface area contributed by atoms with Crippen molar-refractivity contribution in [3.05, 3.63) is 35.5 Å². The predicted octanol–water partition coefficient (Wildman–Crippen LogP) is 3.45. The Kier molecular flexibility index (Phi) is 3.11. The molecule has 4 rings (SSSR count). The summed E-state index contributed by atoms with van der Waals surface area (Å²) in [5, 5.41) is 3.36. The minimum atomic E-state index is 0.283. The number of fused-ring (bicyclic) bond motifs is 1. The highest BCUT2D eigenvalue weighted by Gasteiger charge is 2.28. The summed E-state index contributed by atoms with van der Waals surface area (Å²) in [6.07, 6.45) is 8.95. The zero-order valence-electron chi connectivity index (χ0n) is 11.9. The van der Waals surface area contributed by atoms with Crippen molar-refractivity contribution in [3.63, 3.8) is 0 Å². The number of H-pyrrole nitrogens is 1. The zero-order chi connectivity index (χ0) is 14.2. The summed E-state index contributed by atoms with van der Waals surface area (Å²) in [5.41, 5.74) is 1.26. The smallest absolute Gasteiger partial charge is 0.141 e. The van der Waals surface area contributed by atoms with Crippen molar-refractivity contribution in [2.45, 2.75) is 32.2 Å². The SMILES string of the molecule is Cc1csc2ncnc(N3CCCCC3c3ncc[nH]3)c12. The number of nitrogens with one attached hydrogen (secondary N) is 1. The number of aryl methyl sites for hydroxylation is 1. The summed E-state index contributed by atoms with van der Waals surface area (Å²) >= 11 is 1.69. The fourth-order valence-electron chi connectivity index (χ4n) is 3.15. The summed E-state index contributed by atoms with van der Waals surface area (Å²) in [7, 11) is 0. The summed E-state index contributed by atoms with van der Waals surface area (Å²) in [4.78, 5) is 20.2. The van der Waals surface area contributed by atoms with Gasteiger partial charge in [-0.2, -0.15) is 0 Å². The van der Waals surface area contributed by atoms with Crippen molar-refractivity contribution in [1.29, 1.82) is 0 Å². The van der Waals surface area contributed by atoms with Gasteiger partial charge >= 0.3 is 0 Å². The molecule has 1 aliphatic rings. The molecule has 21 heavy (non-hydrogen) atoms. The second-order valence-electron chi connectivity index (χ2n) is 5.48. The number of piperidine rings is 1. The maximum atomic E-state index is 4.60. The number of aromatic amines is 1. The highest BCUT2D eigenvalue weighted by Crippen LogP contribution is 2.38. The number of rotatable bonds is 2. The quantitative estimate of drug-likeness (QED) is 0.787. The summed E-state index contributed by atoms with van der Waals surface area (Å²) in [5.74, 6) is 2.09. The third kappa shape index (κ3) is 2.10. The number of aromatic nitrogens is 4. The molecule has 3 aromatic rings. The van der Waals surface area contributed by atoms with Crippen LogP contribution in [0.4, 0.5) is 5.82 Å². The van der Waals surface area contributed by atoms with Gasteiger partial charge in [0.1, 0.15) is 22.8 Å². The topological polar surface area (TPSA) is 57.7 Å². The maximum Gasteiger partial charge on any atom is 0.141 e. The third-order valence-electron chi connectivity index (χ3n) is 4.14. The largest absolute Gasteiger partial charge is 0.347 e. The van der Waals surface area contributed by atoms with Gasteiger partial charge in [-0.05, 0) is 37.1 Å². The molecule has 1 aliphatic heterocycles. The molecule has 1 fully saturated rings. The van der Waals surface area contributed by atoms with Crippen molar-refractivity contribution in [1.82, 2.24) is 19.9 Å². The highest BCUT2D eigenvalue weighted by molar-refractivity contribution is 7.17. The molecule has 0 spiro atoms. The first kappa shape index (κ1) is 12.8. The van der Waals surface area contributed by atoms with E-state index in [1.165, 1.54) is 23.8 Å². The first-order chi connectivity index (χ1) is 10.3. The molecule has 1 unspecified atom stereocenters. The molecule has 1 saturated heterocycles. The van der Waals surface area contributed by atoms with Gasteiger partial charge in [0.15, 0.2) is 0 Å². The van der Waals surface area contributed by atoms with Gasteiger partial charge in [0.05, 0.1) is 11.4 Å². The van der Waals surface area contributed by atoms with Gasteiger partial charge < -0.3 is 9.88 Å². The highest BCUT2D eigenvalue weighted by atomic mass is 32.1. The maximum absolute atomic E-state index is 4.60. The fourth-order valence-corrected chi connectivity index (χ4v) is 4.03. The molecule has 1 N–H and O–H groups in total. The van der Waals surface area contributed by atoms with E-state index < -0.39 is 0 Å². The lowest BCUT2D eigenvalue weighted by Crippen LogP contribution is -2.34. The Morgan fingerprint density at radius 1 is 1.29 bits per heavy atom. The Bertz CT molecular complexity index is 749. The van der Waals surface area contributed by atoms with Gasteiger partial charge in [0.2, 0.25) is 0 Å². The van der Waals surface area contributed by atoms with Crippen molar-refractivity contribution in [2.75, 3.05) is 11.4 Å². The zero-order valence-corrected chi connectivity index (χ0v) is 12.7. The Hall–Kier alpha value is -1.95. The van der Waals surface area contributed by atoms with E-state index in [9.17, 15) is 0 Å². The van der Waals surface area contributed by atoms with Crippen LogP contribution < -0.4 is 4.90 Å². The number of thiophene rings is 1. The van der Waals surface area contributed by atoms with Crippen LogP contribution in [0.5, 0.6) is 0 Å². The molecule has 0 aliphatic carbocycles. The lowest BCUT2D eigenvalue weighted by atomic mass is 10.0. The van der Waals surface area contributed by atoms with E-state index in [-0.39, 0.29) is 6.04 Å². The average Bonchev–Trinajstić information content (AvgIpc) is 3.18. The van der Waals surface area contributed by atoms with Gasteiger partial charge in [-0.25, -0.2) is 15.0 Å². The van der Waals surface area contributed by atoms with E-state index in [4.69, 9.17) is 0 Å². The Morgan fingerprint density at radius 3 is 3.10 bits per heavy atom. The minimum absolute atomic E-state index is 0.283. The lowest BCUT2D eigenvalue weighted by molar-refractivity contribution is 0.456. The van der Waals surface area contributed by atoms with E-state index in [2.05, 4.69) is 37.1 Å². The Morgan fingerprint density at radius 2 is 2.24 bits per heavy atom. The molecule has 0 radical (unpaired) electrons. The second-order valence-corrected chi connectivity index (χ2v) is 6.33. The second kappa shape index (κ2) is 5.11. The van der Waals surface area contributed by atoms with Crippen LogP contribution in [-0.4, -0.2) is 26.5 Å². The van der Waals surface area contributed by atoms with Crippen LogP contribution in [0, 0.1) is 6.92 Å². The molecule has 1 atom stereocenters. The molecule has 0 aromatic carbocycles. The van der Waals surface area contributed by atoms with Crippen molar-refractivity contribution < 1.29 is 0 Å². The molecule has 6 heteroatoms. The summed E-state index contributed by atoms with van der Waals surface area (Å²) in [6.45, 7) is 3.16. The van der Waals surface area contributed by atoms with Crippen molar-refractivity contribution in [2.24, 2.45) is 0 Å². The van der Waals surface area contributed by atoms with Gasteiger partial charge in [-0.1, -0.05) is 0 Å². The molecular weight excluding hydrogens is 282 g/mol. The standard InChI is InChI=1S/C15H17N5S/c1-10-8-21-15-12(10)14(18-9-19-15)20-7-3-2-4-11(20)13-16-5-6-17-13/h5-6,8-9,11H,2-4,7H2,1H3,(H,16,17). The van der Waals surface area contributed by atoms with Crippen LogP contribution >= 0.6 is 11.3 Å². The Labute approximate surface area is 127 Å². The minimum Gasteiger partial charge on any atom is -0.347 e. The lowest BCUT2D eigenvalue weighted by Gasteiger charge is -2.35. The third-order valence-corrected chi connectivity index (χ3v) is 5.15. The number of nitrogens with zero attached hydrogens (tertiary/aromatic N) is 4. The van der Waals surface area contributed by atoms with E-state index >= 15 is 0 Å². The van der Waals surface area contributed by atoms with Crippen LogP contribution in [0.2, 0.25) is 0 Å². The van der Waals surface area contributed by atoms with Gasteiger partial charge in [0.25, 0.3) is 0 Å². The molecule has 0 saturated carbocycles. The first-order valence-corrected chi connectivity index (χ1v) is 8.17. The molecule has 0 amide bonds. The van der Waals surface area contributed by atoms with Gasteiger partial charge in [-0.15, -0.1) is 11.3 Å². The van der Waals surface area contributed by atoms with Crippen LogP contribution in [0.3, 0.4) is 0 Å². The van der Waals surface area contributed by atoms with Crippen molar-refractivity contribution >= 4 is 27.4 Å². The predicted molar refractivity (Wildman–Crippen MR) is 84.7 cm³/mol. The van der Waals surface area contributed by atoms with E-state index in [0.29, 0.717) is 0 Å². The van der Waals surface area contributed by atoms with Crippen LogP contribution in [0.15, 0.2) is 24.1 Å². The molecular formula is C15H17N5S. The first-order valence-electron chi connectivity index (χ1n) is 7.29. The van der Waals surface area contributed by atoms with E-state index in [0.717, 1.165) is 29.4 Å². The Balaban J connectivity index is 1.83. The molecule has 5 nitrogen and oxygen atoms in total. The van der Waals surface area contributed by atoms with E-state index in [1.54, 1.807) is 17.7 Å². The number of imidazole rings is 1.